The Labute approximate surface area is 88.9 Å². The average molecular weight is 201 g/mol. The van der Waals surface area contributed by atoms with Gasteiger partial charge in [0.25, 0.3) is 0 Å². The van der Waals surface area contributed by atoms with Crippen LogP contribution in [-0.2, 0) is 5.41 Å². The number of fused-ring (bicyclic) bond motifs is 1. The highest BCUT2D eigenvalue weighted by atomic mass is 16.3. The molecule has 1 aliphatic carbocycles. The average Bonchev–Trinajstić information content (AvgIpc) is 2.99. The molecule has 2 aromatic rings. The lowest BCUT2D eigenvalue weighted by atomic mass is 9.95. The Hall–Kier alpha value is -1.28. The molecule has 0 saturated heterocycles. The van der Waals surface area contributed by atoms with E-state index in [0.717, 1.165) is 12.8 Å². The minimum Gasteiger partial charge on any atom is -0.395 e. The second kappa shape index (κ2) is 2.86. The Balaban J connectivity index is 2.17. The molecule has 0 radical (unpaired) electrons. The van der Waals surface area contributed by atoms with E-state index >= 15 is 0 Å². The monoisotopic (exact) mass is 201 g/mol. The number of aryl methyl sites for hydroxylation is 1. The van der Waals surface area contributed by atoms with Crippen molar-refractivity contribution in [2.45, 2.75) is 25.2 Å². The molecule has 0 amide bonds. The van der Waals surface area contributed by atoms with E-state index in [9.17, 15) is 5.11 Å². The van der Waals surface area contributed by atoms with Gasteiger partial charge in [-0.2, -0.15) is 0 Å². The van der Waals surface area contributed by atoms with Crippen molar-refractivity contribution in [1.29, 1.82) is 0 Å². The van der Waals surface area contributed by atoms with Gasteiger partial charge in [-0.05, 0) is 43.0 Å². The molecular formula is C13H15NO. The Kier molecular flexibility index (Phi) is 1.71. The van der Waals surface area contributed by atoms with Crippen molar-refractivity contribution in [1.82, 2.24) is 4.98 Å². The lowest BCUT2D eigenvalue weighted by Gasteiger charge is -2.12. The third-order valence-electron chi connectivity index (χ3n) is 3.66. The second-order valence-corrected chi connectivity index (χ2v) is 4.67. The number of hydrogen-bond acceptors (Lipinski definition) is 1. The maximum Gasteiger partial charge on any atom is 0.0527 e. The van der Waals surface area contributed by atoms with E-state index < -0.39 is 0 Å². The number of rotatable bonds is 2. The summed E-state index contributed by atoms with van der Waals surface area (Å²) >= 11 is 0. The molecule has 2 nitrogen and oxygen atoms in total. The maximum atomic E-state index is 9.39. The second-order valence-electron chi connectivity index (χ2n) is 4.67. The molecular weight excluding hydrogens is 186 g/mol. The zero-order chi connectivity index (χ0) is 10.5. The smallest absolute Gasteiger partial charge is 0.0527 e. The molecule has 78 valence electrons. The zero-order valence-electron chi connectivity index (χ0n) is 8.88. The Morgan fingerprint density at radius 1 is 1.40 bits per heavy atom. The van der Waals surface area contributed by atoms with Crippen molar-refractivity contribution in [3.8, 4) is 0 Å². The molecule has 1 aromatic carbocycles. The van der Waals surface area contributed by atoms with Gasteiger partial charge in [0.15, 0.2) is 0 Å². The van der Waals surface area contributed by atoms with Crippen molar-refractivity contribution in [2.75, 3.05) is 6.61 Å². The minimum absolute atomic E-state index is 0.0813. The van der Waals surface area contributed by atoms with Gasteiger partial charge in [-0.15, -0.1) is 0 Å². The highest BCUT2D eigenvalue weighted by Crippen LogP contribution is 2.48. The van der Waals surface area contributed by atoms with E-state index in [-0.39, 0.29) is 12.0 Å². The van der Waals surface area contributed by atoms with Crippen LogP contribution in [0.2, 0.25) is 0 Å². The van der Waals surface area contributed by atoms with E-state index in [0.29, 0.717) is 0 Å². The van der Waals surface area contributed by atoms with Crippen LogP contribution in [0.15, 0.2) is 24.4 Å². The number of hydrogen-bond donors (Lipinski definition) is 2. The summed E-state index contributed by atoms with van der Waals surface area (Å²) in [6.45, 7) is 2.39. The van der Waals surface area contributed by atoms with Gasteiger partial charge in [-0.1, -0.05) is 6.07 Å². The fraction of sp³-hybridized carbons (Fsp3) is 0.385. The third kappa shape index (κ3) is 1.21. The Morgan fingerprint density at radius 2 is 2.20 bits per heavy atom. The van der Waals surface area contributed by atoms with Gasteiger partial charge in [0.1, 0.15) is 0 Å². The van der Waals surface area contributed by atoms with Gasteiger partial charge in [0.2, 0.25) is 0 Å². The van der Waals surface area contributed by atoms with E-state index in [1.54, 1.807) is 0 Å². The van der Waals surface area contributed by atoms with Crippen molar-refractivity contribution in [2.24, 2.45) is 0 Å². The lowest BCUT2D eigenvalue weighted by Crippen LogP contribution is -2.11. The first kappa shape index (κ1) is 8.98. The van der Waals surface area contributed by atoms with Crippen LogP contribution < -0.4 is 0 Å². The Morgan fingerprint density at radius 3 is 2.87 bits per heavy atom. The molecule has 15 heavy (non-hydrogen) atoms. The standard InChI is InChI=1S/C13H15NO/c1-9-7-14-12-3-2-10(6-11(9)12)13(8-15)4-5-13/h2-3,6-7,14-15H,4-5,8H2,1H3. The van der Waals surface area contributed by atoms with Gasteiger partial charge in [-0.25, -0.2) is 0 Å². The fourth-order valence-corrected chi connectivity index (χ4v) is 2.28. The molecule has 0 unspecified atom stereocenters. The summed E-state index contributed by atoms with van der Waals surface area (Å²) in [5.41, 5.74) is 3.84. The van der Waals surface area contributed by atoms with Crippen LogP contribution in [0.1, 0.15) is 24.0 Å². The highest BCUT2D eigenvalue weighted by Gasteiger charge is 2.43. The lowest BCUT2D eigenvalue weighted by molar-refractivity contribution is 0.255. The maximum absolute atomic E-state index is 9.39. The molecule has 1 heterocycles. The number of aliphatic hydroxyl groups excluding tert-OH is 1. The number of benzene rings is 1. The number of aliphatic hydroxyl groups is 1. The zero-order valence-corrected chi connectivity index (χ0v) is 8.88. The minimum atomic E-state index is 0.0813. The van der Waals surface area contributed by atoms with Gasteiger partial charge in [0, 0.05) is 22.5 Å². The van der Waals surface area contributed by atoms with Gasteiger partial charge in [0.05, 0.1) is 6.61 Å². The molecule has 1 aromatic heterocycles. The Bertz CT molecular complexity index is 508. The molecule has 1 saturated carbocycles. The van der Waals surface area contributed by atoms with Gasteiger partial charge in [-0.3, -0.25) is 0 Å². The molecule has 1 fully saturated rings. The van der Waals surface area contributed by atoms with E-state index in [2.05, 4.69) is 30.1 Å². The SMILES string of the molecule is Cc1c[nH]c2ccc(C3(CO)CC3)cc12. The van der Waals surface area contributed by atoms with Crippen LogP contribution in [0.4, 0.5) is 0 Å². The molecule has 2 N–H and O–H groups in total. The van der Waals surface area contributed by atoms with Crippen LogP contribution >= 0.6 is 0 Å². The summed E-state index contributed by atoms with van der Waals surface area (Å²) in [4.78, 5) is 3.24. The largest absolute Gasteiger partial charge is 0.395 e. The predicted molar refractivity (Wildman–Crippen MR) is 61.0 cm³/mol. The molecule has 0 atom stereocenters. The molecule has 3 rings (SSSR count). The summed E-state index contributed by atoms with van der Waals surface area (Å²) in [7, 11) is 0. The van der Waals surface area contributed by atoms with Crippen LogP contribution in [0.5, 0.6) is 0 Å². The van der Waals surface area contributed by atoms with Crippen molar-refractivity contribution in [3.63, 3.8) is 0 Å². The van der Waals surface area contributed by atoms with Crippen LogP contribution in [0.25, 0.3) is 10.9 Å². The van der Waals surface area contributed by atoms with Crippen molar-refractivity contribution >= 4 is 10.9 Å². The third-order valence-corrected chi connectivity index (χ3v) is 3.66. The van der Waals surface area contributed by atoms with Crippen LogP contribution in [0.3, 0.4) is 0 Å². The van der Waals surface area contributed by atoms with Crippen LogP contribution in [-0.4, -0.2) is 16.7 Å². The number of nitrogens with one attached hydrogen (secondary N) is 1. The molecule has 0 spiro atoms. The normalized spacial score (nSPS) is 18.3. The van der Waals surface area contributed by atoms with Crippen LogP contribution in [0, 0.1) is 6.92 Å². The highest BCUT2D eigenvalue weighted by molar-refractivity contribution is 5.84. The predicted octanol–water partition coefficient (Wildman–Crippen LogP) is 2.50. The summed E-state index contributed by atoms with van der Waals surface area (Å²) < 4.78 is 0. The quantitative estimate of drug-likeness (QED) is 0.769. The number of aromatic amines is 1. The summed E-state index contributed by atoms with van der Waals surface area (Å²) in [5.74, 6) is 0. The van der Waals surface area contributed by atoms with E-state index in [1.807, 2.05) is 6.20 Å². The first-order chi connectivity index (χ1) is 7.25. The molecule has 0 aliphatic heterocycles. The van der Waals surface area contributed by atoms with Gasteiger partial charge >= 0.3 is 0 Å². The molecule has 0 bridgehead atoms. The number of H-pyrrole nitrogens is 1. The van der Waals surface area contributed by atoms with Crippen molar-refractivity contribution in [3.05, 3.63) is 35.5 Å². The fourth-order valence-electron chi connectivity index (χ4n) is 2.28. The molecule has 2 heteroatoms. The van der Waals surface area contributed by atoms with Gasteiger partial charge < -0.3 is 10.1 Å². The first-order valence-electron chi connectivity index (χ1n) is 5.44. The summed E-state index contributed by atoms with van der Waals surface area (Å²) in [6.07, 6.45) is 4.28. The summed E-state index contributed by atoms with van der Waals surface area (Å²) in [6, 6.07) is 6.49. The van der Waals surface area contributed by atoms with Crippen molar-refractivity contribution < 1.29 is 5.11 Å². The first-order valence-corrected chi connectivity index (χ1v) is 5.44. The van der Waals surface area contributed by atoms with E-state index in [1.165, 1.54) is 22.0 Å². The van der Waals surface area contributed by atoms with E-state index in [4.69, 9.17) is 0 Å². The summed E-state index contributed by atoms with van der Waals surface area (Å²) in [5, 5.41) is 10.7. The number of aromatic nitrogens is 1. The topological polar surface area (TPSA) is 36.0 Å². The molecule has 1 aliphatic rings.